The number of thiazole rings is 1. The van der Waals surface area contributed by atoms with Crippen LogP contribution in [-0.4, -0.2) is 17.5 Å². The first kappa shape index (κ1) is 17.7. The number of anilines is 2. The van der Waals surface area contributed by atoms with Crippen molar-refractivity contribution >= 4 is 38.3 Å². The van der Waals surface area contributed by atoms with Crippen molar-refractivity contribution in [1.82, 2.24) is 4.98 Å². The van der Waals surface area contributed by atoms with Gasteiger partial charge < -0.3 is 4.74 Å². The number of nitrogens with zero attached hydrogens (tertiary/aromatic N) is 2. The smallest absolute Gasteiger partial charge is 0.236 e. The topological polar surface area (TPSA) is 42.4 Å². The minimum Gasteiger partial charge on any atom is -0.494 e. The van der Waals surface area contributed by atoms with E-state index in [2.05, 4.69) is 12.2 Å². The standard InChI is InChI=1S/C22H22N2O2S/c1-2-26-18-14-12-17(13-15-18)24(21(25)16-8-4-3-5-9-16)22-23-19-10-6-7-11-20(19)27-22/h3-4,6-7,10-16H,2,5,8-9H2,1H3. The lowest BCUT2D eigenvalue weighted by Gasteiger charge is -2.26. The van der Waals surface area contributed by atoms with Crippen LogP contribution in [0.25, 0.3) is 10.2 Å². The Hall–Kier alpha value is -2.66. The van der Waals surface area contributed by atoms with Crippen LogP contribution in [0.15, 0.2) is 60.7 Å². The number of aromatic nitrogens is 1. The van der Waals surface area contributed by atoms with Crippen LogP contribution >= 0.6 is 11.3 Å². The molecule has 0 spiro atoms. The molecule has 4 rings (SSSR count). The molecule has 1 atom stereocenters. The summed E-state index contributed by atoms with van der Waals surface area (Å²) in [5.41, 5.74) is 1.75. The second-order valence-electron chi connectivity index (χ2n) is 6.55. The van der Waals surface area contributed by atoms with Crippen LogP contribution in [0.2, 0.25) is 0 Å². The average molecular weight is 378 g/mol. The van der Waals surface area contributed by atoms with Gasteiger partial charge in [-0.3, -0.25) is 9.69 Å². The molecular formula is C22H22N2O2S. The van der Waals surface area contributed by atoms with Crippen molar-refractivity contribution < 1.29 is 9.53 Å². The highest BCUT2D eigenvalue weighted by molar-refractivity contribution is 7.22. The van der Waals surface area contributed by atoms with E-state index in [0.29, 0.717) is 6.61 Å². The van der Waals surface area contributed by atoms with E-state index >= 15 is 0 Å². The number of fused-ring (bicyclic) bond motifs is 1. The zero-order chi connectivity index (χ0) is 18.6. The predicted molar refractivity (Wildman–Crippen MR) is 111 cm³/mol. The van der Waals surface area contributed by atoms with Gasteiger partial charge in [0.05, 0.1) is 22.5 Å². The van der Waals surface area contributed by atoms with Crippen molar-refractivity contribution in [1.29, 1.82) is 0 Å². The molecule has 3 aromatic rings. The van der Waals surface area contributed by atoms with Crippen molar-refractivity contribution in [3.05, 3.63) is 60.7 Å². The summed E-state index contributed by atoms with van der Waals surface area (Å²) < 4.78 is 6.63. The Bertz CT molecular complexity index is 929. The number of allylic oxidation sites excluding steroid dienone is 2. The number of benzene rings is 2. The zero-order valence-corrected chi connectivity index (χ0v) is 16.1. The van der Waals surface area contributed by atoms with Gasteiger partial charge in [-0.05, 0) is 62.6 Å². The quantitative estimate of drug-likeness (QED) is 0.534. The van der Waals surface area contributed by atoms with Crippen LogP contribution in [-0.2, 0) is 4.79 Å². The SMILES string of the molecule is CCOc1ccc(N(C(=O)C2CC=CCC2)c2nc3ccccc3s2)cc1. The van der Waals surface area contributed by atoms with E-state index in [1.807, 2.05) is 55.5 Å². The lowest BCUT2D eigenvalue weighted by atomic mass is 9.93. The first-order chi connectivity index (χ1) is 13.3. The summed E-state index contributed by atoms with van der Waals surface area (Å²) in [6.07, 6.45) is 6.89. The van der Waals surface area contributed by atoms with Gasteiger partial charge in [0.25, 0.3) is 0 Å². The molecule has 0 N–H and O–H groups in total. The van der Waals surface area contributed by atoms with E-state index in [0.717, 1.165) is 46.0 Å². The maximum Gasteiger partial charge on any atom is 0.236 e. The maximum atomic E-state index is 13.4. The predicted octanol–water partition coefficient (Wildman–Crippen LogP) is 5.72. The molecule has 1 unspecified atom stereocenters. The first-order valence-corrected chi connectivity index (χ1v) is 10.2. The average Bonchev–Trinajstić information content (AvgIpc) is 3.14. The molecule has 1 aliphatic carbocycles. The number of ether oxygens (including phenoxy) is 1. The highest BCUT2D eigenvalue weighted by Crippen LogP contribution is 2.36. The molecule has 1 heterocycles. The van der Waals surface area contributed by atoms with Crippen LogP contribution < -0.4 is 9.64 Å². The fourth-order valence-corrected chi connectivity index (χ4v) is 4.34. The third-order valence-corrected chi connectivity index (χ3v) is 5.74. The lowest BCUT2D eigenvalue weighted by molar-refractivity contribution is -0.121. The van der Waals surface area contributed by atoms with Crippen LogP contribution in [0, 0.1) is 5.92 Å². The van der Waals surface area contributed by atoms with Crippen LogP contribution in [0.4, 0.5) is 10.8 Å². The summed E-state index contributed by atoms with van der Waals surface area (Å²) in [5, 5.41) is 0.722. The van der Waals surface area contributed by atoms with E-state index in [1.54, 1.807) is 16.2 Å². The number of carbonyl (C=O) groups excluding carboxylic acids is 1. The zero-order valence-electron chi connectivity index (χ0n) is 15.3. The number of para-hydroxylation sites is 1. The Labute approximate surface area is 163 Å². The highest BCUT2D eigenvalue weighted by Gasteiger charge is 2.29. The summed E-state index contributed by atoms with van der Waals surface area (Å²) in [5.74, 6) is 0.912. The molecule has 4 nitrogen and oxygen atoms in total. The van der Waals surface area contributed by atoms with E-state index < -0.39 is 0 Å². The van der Waals surface area contributed by atoms with Gasteiger partial charge in [-0.15, -0.1) is 0 Å². The Kier molecular flexibility index (Phi) is 5.21. The molecule has 1 aromatic heterocycles. The van der Waals surface area contributed by atoms with Gasteiger partial charge in [0.2, 0.25) is 5.91 Å². The van der Waals surface area contributed by atoms with Gasteiger partial charge in [0.1, 0.15) is 5.75 Å². The molecule has 0 aliphatic heterocycles. The molecule has 0 saturated carbocycles. The third-order valence-electron chi connectivity index (χ3n) is 4.72. The number of amides is 1. The minimum atomic E-state index is -0.00594. The molecule has 138 valence electrons. The van der Waals surface area contributed by atoms with E-state index in [4.69, 9.17) is 9.72 Å². The summed E-state index contributed by atoms with van der Waals surface area (Å²) in [6, 6.07) is 15.7. The van der Waals surface area contributed by atoms with Crippen molar-refractivity contribution in [2.75, 3.05) is 11.5 Å². The Morgan fingerprint density at radius 1 is 1.19 bits per heavy atom. The Balaban J connectivity index is 1.74. The molecule has 0 fully saturated rings. The summed E-state index contributed by atoms with van der Waals surface area (Å²) >= 11 is 1.55. The van der Waals surface area contributed by atoms with Gasteiger partial charge in [-0.25, -0.2) is 4.98 Å². The molecule has 0 bridgehead atoms. The normalized spacial score (nSPS) is 16.4. The first-order valence-electron chi connectivity index (χ1n) is 9.33. The van der Waals surface area contributed by atoms with Gasteiger partial charge in [0.15, 0.2) is 5.13 Å². The fraction of sp³-hybridized carbons (Fsp3) is 0.273. The molecule has 27 heavy (non-hydrogen) atoms. The molecule has 1 aliphatic rings. The van der Waals surface area contributed by atoms with Crippen LogP contribution in [0.3, 0.4) is 0 Å². The Morgan fingerprint density at radius 2 is 2.00 bits per heavy atom. The summed E-state index contributed by atoms with van der Waals surface area (Å²) in [6.45, 7) is 2.58. The maximum absolute atomic E-state index is 13.4. The second kappa shape index (κ2) is 7.92. The summed E-state index contributed by atoms with van der Waals surface area (Å²) in [7, 11) is 0. The third kappa shape index (κ3) is 3.74. The van der Waals surface area contributed by atoms with Gasteiger partial charge in [0, 0.05) is 5.92 Å². The minimum absolute atomic E-state index is 0.00594. The molecule has 5 heteroatoms. The van der Waals surface area contributed by atoms with Crippen LogP contribution in [0.1, 0.15) is 26.2 Å². The number of hydrogen-bond acceptors (Lipinski definition) is 4. The molecule has 0 radical (unpaired) electrons. The van der Waals surface area contributed by atoms with E-state index in [9.17, 15) is 4.79 Å². The number of hydrogen-bond donors (Lipinski definition) is 0. The van der Waals surface area contributed by atoms with Gasteiger partial charge in [-0.1, -0.05) is 35.6 Å². The molecule has 1 amide bonds. The Morgan fingerprint density at radius 3 is 2.70 bits per heavy atom. The second-order valence-corrected chi connectivity index (χ2v) is 7.56. The number of carbonyl (C=O) groups is 1. The van der Waals surface area contributed by atoms with Gasteiger partial charge in [-0.2, -0.15) is 0 Å². The van der Waals surface area contributed by atoms with Crippen molar-refractivity contribution in [3.8, 4) is 5.75 Å². The van der Waals surface area contributed by atoms with E-state index in [1.165, 1.54) is 0 Å². The van der Waals surface area contributed by atoms with Crippen LogP contribution in [0.5, 0.6) is 5.75 Å². The molecule has 0 saturated heterocycles. The summed E-state index contributed by atoms with van der Waals surface area (Å²) in [4.78, 5) is 19.9. The molecule has 2 aromatic carbocycles. The monoisotopic (exact) mass is 378 g/mol. The van der Waals surface area contributed by atoms with E-state index in [-0.39, 0.29) is 11.8 Å². The lowest BCUT2D eigenvalue weighted by Crippen LogP contribution is -2.32. The van der Waals surface area contributed by atoms with Crippen molar-refractivity contribution in [2.45, 2.75) is 26.2 Å². The van der Waals surface area contributed by atoms with Gasteiger partial charge >= 0.3 is 0 Å². The highest BCUT2D eigenvalue weighted by atomic mass is 32.1. The van der Waals surface area contributed by atoms with Crippen molar-refractivity contribution in [3.63, 3.8) is 0 Å². The molecular weight excluding hydrogens is 356 g/mol. The number of rotatable bonds is 5. The fourth-order valence-electron chi connectivity index (χ4n) is 3.35. The van der Waals surface area contributed by atoms with Crippen molar-refractivity contribution in [2.24, 2.45) is 5.92 Å². The largest absolute Gasteiger partial charge is 0.494 e.